The fraction of sp³-hybridized carbons (Fsp3) is 0.250. The quantitative estimate of drug-likeness (QED) is 0.333. The van der Waals surface area contributed by atoms with E-state index in [9.17, 15) is 10.0 Å². The Balaban J connectivity index is 2.03. The van der Waals surface area contributed by atoms with E-state index in [0.29, 0.717) is 37.0 Å². The van der Waals surface area contributed by atoms with E-state index < -0.39 is 6.04 Å². The summed E-state index contributed by atoms with van der Waals surface area (Å²) in [5.41, 5.74) is 2.97. The lowest BCUT2D eigenvalue weighted by Crippen LogP contribution is -2.40. The number of hydrogen-bond donors (Lipinski definition) is 0. The summed E-state index contributed by atoms with van der Waals surface area (Å²) in [6.07, 6.45) is 1.44. The van der Waals surface area contributed by atoms with Crippen LogP contribution in [0.25, 0.3) is 0 Å². The van der Waals surface area contributed by atoms with Crippen LogP contribution in [0.1, 0.15) is 53.4 Å². The first-order chi connectivity index (χ1) is 13.7. The topological polar surface area (TPSA) is 65.1 Å². The van der Waals surface area contributed by atoms with E-state index in [4.69, 9.17) is 11.6 Å². The molecular weight excluding hydrogens is 524 g/mol. The highest BCUT2D eigenvalue weighted by molar-refractivity contribution is 9.10. The molecule has 1 atom stereocenters. The minimum atomic E-state index is -0.638. The van der Waals surface area contributed by atoms with E-state index in [0.717, 1.165) is 10.3 Å². The van der Waals surface area contributed by atoms with Gasteiger partial charge in [0.25, 0.3) is 5.91 Å². The van der Waals surface area contributed by atoms with Gasteiger partial charge < -0.3 is 9.77 Å². The molecule has 1 amide bonds. The predicted molar refractivity (Wildman–Crippen MR) is 118 cm³/mol. The molecule has 0 bridgehead atoms. The van der Waals surface area contributed by atoms with Crippen LogP contribution < -0.4 is 9.63 Å². The summed E-state index contributed by atoms with van der Waals surface area (Å²) in [5, 5.41) is 13.4. The Bertz CT molecular complexity index is 1150. The Hall–Kier alpha value is -1.90. The fourth-order valence-corrected chi connectivity index (χ4v) is 4.99. The van der Waals surface area contributed by atoms with E-state index in [1.54, 1.807) is 29.2 Å². The van der Waals surface area contributed by atoms with Gasteiger partial charge in [-0.1, -0.05) is 17.7 Å². The average molecular weight is 541 g/mol. The molecule has 29 heavy (non-hydrogen) atoms. The van der Waals surface area contributed by atoms with Crippen molar-refractivity contribution in [3.05, 3.63) is 78.6 Å². The molecule has 1 aliphatic rings. The van der Waals surface area contributed by atoms with Crippen molar-refractivity contribution >= 4 is 55.1 Å². The highest BCUT2D eigenvalue weighted by atomic mass is 79.9. The van der Waals surface area contributed by atoms with Gasteiger partial charge in [0.15, 0.2) is 22.7 Å². The Morgan fingerprint density at radius 2 is 1.97 bits per heavy atom. The molecule has 0 fully saturated rings. The summed E-state index contributed by atoms with van der Waals surface area (Å²) in [4.78, 5) is 19.6. The van der Waals surface area contributed by atoms with Gasteiger partial charge in [0, 0.05) is 22.8 Å². The number of carbonyl (C=O) groups excluding carboxylic acids is 1. The number of fused-ring (bicyclic) bond motifs is 1. The minimum absolute atomic E-state index is 0.0342. The lowest BCUT2D eigenvalue weighted by molar-refractivity contribution is -0.615. The monoisotopic (exact) mass is 538 g/mol. The van der Waals surface area contributed by atoms with Crippen molar-refractivity contribution in [3.63, 3.8) is 0 Å². The van der Waals surface area contributed by atoms with Crippen molar-refractivity contribution in [1.29, 1.82) is 0 Å². The number of carbonyl (C=O) groups is 1. The number of hydrogen-bond acceptors (Lipinski definition) is 3. The Morgan fingerprint density at radius 3 is 2.62 bits per heavy atom. The number of pyridine rings is 1. The van der Waals surface area contributed by atoms with Gasteiger partial charge in [-0.05, 0) is 76.4 Å². The van der Waals surface area contributed by atoms with Crippen molar-refractivity contribution in [3.8, 4) is 0 Å². The highest BCUT2D eigenvalue weighted by Crippen LogP contribution is 2.44. The van der Waals surface area contributed by atoms with Crippen LogP contribution in [0.2, 0.25) is 5.02 Å². The molecule has 3 aromatic rings. The van der Waals surface area contributed by atoms with E-state index in [1.165, 1.54) is 6.20 Å². The molecule has 1 aromatic carbocycles. The van der Waals surface area contributed by atoms with Crippen LogP contribution in [0.3, 0.4) is 0 Å². The van der Waals surface area contributed by atoms with Crippen LogP contribution >= 0.6 is 43.5 Å². The summed E-state index contributed by atoms with van der Waals surface area (Å²) in [6, 6.07) is 8.30. The number of rotatable bonds is 3. The van der Waals surface area contributed by atoms with Crippen LogP contribution in [-0.4, -0.2) is 15.5 Å². The van der Waals surface area contributed by atoms with Crippen LogP contribution in [0.15, 0.2) is 45.7 Å². The highest BCUT2D eigenvalue weighted by Gasteiger charge is 2.47. The van der Waals surface area contributed by atoms with E-state index in [-0.39, 0.29) is 11.9 Å². The number of anilines is 1. The molecular formula is C20H17Br2ClN4O2. The van der Waals surface area contributed by atoms with Crippen LogP contribution in [-0.2, 0) is 0 Å². The van der Waals surface area contributed by atoms with Gasteiger partial charge in [-0.2, -0.15) is 4.73 Å². The number of imidazole rings is 1. The maximum Gasteiger partial charge on any atom is 0.280 e. The Morgan fingerprint density at radius 1 is 1.24 bits per heavy atom. The van der Waals surface area contributed by atoms with Gasteiger partial charge in [0.2, 0.25) is 5.69 Å². The summed E-state index contributed by atoms with van der Waals surface area (Å²) in [7, 11) is 0. The van der Waals surface area contributed by atoms with Crippen molar-refractivity contribution in [1.82, 2.24) is 9.55 Å². The standard InChI is InChI=1S/C20H17Br2ClN4O2/c1-10(2)26-18-16(24-20(26)22)19(28)27(15-8-13(23)6-4-11(15)3)17(18)14-7-5-12(21)9-25(14)29/h4-10,17H,1-3H3. The van der Waals surface area contributed by atoms with Gasteiger partial charge in [-0.15, -0.1) is 0 Å². The zero-order chi connectivity index (χ0) is 21.0. The number of amides is 1. The molecule has 1 aliphatic heterocycles. The number of benzene rings is 1. The first-order valence-electron chi connectivity index (χ1n) is 8.96. The maximum absolute atomic E-state index is 13.5. The smallest absolute Gasteiger partial charge is 0.280 e. The maximum atomic E-state index is 13.5. The van der Waals surface area contributed by atoms with Gasteiger partial charge >= 0.3 is 0 Å². The molecule has 9 heteroatoms. The van der Waals surface area contributed by atoms with E-state index in [2.05, 4.69) is 36.8 Å². The third-order valence-electron chi connectivity index (χ3n) is 4.98. The van der Waals surface area contributed by atoms with Crippen molar-refractivity contribution in [2.24, 2.45) is 0 Å². The number of aromatic nitrogens is 3. The van der Waals surface area contributed by atoms with Crippen molar-refractivity contribution in [2.75, 3.05) is 4.90 Å². The SMILES string of the molecule is Cc1ccc(Cl)cc1N1C(=O)c2nc(Br)n(C(C)C)c2C1c1ccc(Br)c[n+]1[O-]. The first kappa shape index (κ1) is 20.4. The number of aryl methyl sites for hydroxylation is 1. The Kier molecular flexibility index (Phi) is 5.21. The normalized spacial score (nSPS) is 16.0. The van der Waals surface area contributed by atoms with Crippen molar-refractivity contribution in [2.45, 2.75) is 32.9 Å². The lowest BCUT2D eigenvalue weighted by atomic mass is 10.1. The van der Waals surface area contributed by atoms with Crippen LogP contribution in [0.4, 0.5) is 5.69 Å². The second-order valence-corrected chi connectivity index (χ2v) is 9.25. The molecule has 0 spiro atoms. The zero-order valence-corrected chi connectivity index (χ0v) is 19.8. The molecule has 1 unspecified atom stereocenters. The van der Waals surface area contributed by atoms with Crippen LogP contribution in [0, 0.1) is 12.1 Å². The van der Waals surface area contributed by atoms with Crippen molar-refractivity contribution < 1.29 is 9.52 Å². The summed E-state index contributed by atoms with van der Waals surface area (Å²) in [5.74, 6) is -0.265. The fourth-order valence-electron chi connectivity index (χ4n) is 3.72. The number of halogens is 3. The second-order valence-electron chi connectivity index (χ2n) is 7.18. The molecule has 3 heterocycles. The molecule has 0 saturated carbocycles. The summed E-state index contributed by atoms with van der Waals surface area (Å²) in [6.45, 7) is 5.93. The average Bonchev–Trinajstić information content (AvgIpc) is 3.11. The molecule has 2 aromatic heterocycles. The largest absolute Gasteiger partial charge is 0.618 e. The molecule has 4 rings (SSSR count). The van der Waals surface area contributed by atoms with Gasteiger partial charge in [-0.25, -0.2) is 4.98 Å². The molecule has 0 saturated heterocycles. The second kappa shape index (κ2) is 7.41. The predicted octanol–water partition coefficient (Wildman–Crippen LogP) is 5.33. The van der Waals surface area contributed by atoms with E-state index in [1.807, 2.05) is 31.4 Å². The molecule has 150 valence electrons. The van der Waals surface area contributed by atoms with Gasteiger partial charge in [-0.3, -0.25) is 9.69 Å². The number of nitrogens with zero attached hydrogens (tertiary/aromatic N) is 4. The molecule has 6 nitrogen and oxygen atoms in total. The van der Waals surface area contributed by atoms with Gasteiger partial charge in [0.05, 0.1) is 10.2 Å². The lowest BCUT2D eigenvalue weighted by Gasteiger charge is -2.27. The third-order valence-corrected chi connectivity index (χ3v) is 6.24. The first-order valence-corrected chi connectivity index (χ1v) is 10.9. The molecule has 0 N–H and O–H groups in total. The summed E-state index contributed by atoms with van der Waals surface area (Å²) < 4.78 is 3.95. The summed E-state index contributed by atoms with van der Waals surface area (Å²) >= 11 is 13.0. The van der Waals surface area contributed by atoms with Crippen LogP contribution in [0.5, 0.6) is 0 Å². The molecule has 0 aliphatic carbocycles. The zero-order valence-electron chi connectivity index (χ0n) is 15.9. The Labute approximate surface area is 190 Å². The van der Waals surface area contributed by atoms with E-state index >= 15 is 0 Å². The third kappa shape index (κ3) is 3.27. The minimum Gasteiger partial charge on any atom is -0.618 e. The molecule has 0 radical (unpaired) electrons. The van der Waals surface area contributed by atoms with Gasteiger partial charge in [0.1, 0.15) is 0 Å².